The Morgan fingerprint density at radius 1 is 1.24 bits per heavy atom. The number of rotatable bonds is 6. The van der Waals surface area contributed by atoms with Gasteiger partial charge in [-0.1, -0.05) is 6.92 Å². The van der Waals surface area contributed by atoms with E-state index in [1.165, 1.54) is 7.11 Å². The summed E-state index contributed by atoms with van der Waals surface area (Å²) in [7, 11) is 3.06. The van der Waals surface area contributed by atoms with Crippen molar-refractivity contribution in [3.8, 4) is 11.9 Å². The second kappa shape index (κ2) is 6.18. The van der Waals surface area contributed by atoms with Crippen molar-refractivity contribution in [1.29, 1.82) is 0 Å². The lowest BCUT2D eigenvalue weighted by molar-refractivity contribution is -0.118. The molecule has 0 aromatic carbocycles. The highest BCUT2D eigenvalue weighted by molar-refractivity contribution is 5.78. The first-order valence-corrected chi connectivity index (χ1v) is 5.59. The molecule has 5 nitrogen and oxygen atoms in total. The summed E-state index contributed by atoms with van der Waals surface area (Å²) in [6.45, 7) is 3.72. The number of carbonyl (C=O) groups is 1. The summed E-state index contributed by atoms with van der Waals surface area (Å²) >= 11 is 0. The highest BCUT2D eigenvalue weighted by Crippen LogP contribution is 2.22. The van der Waals surface area contributed by atoms with E-state index in [0.717, 1.165) is 11.3 Å². The normalized spacial score (nSPS) is 10.1. The van der Waals surface area contributed by atoms with Gasteiger partial charge in [0.15, 0.2) is 0 Å². The molecule has 0 aliphatic heterocycles. The van der Waals surface area contributed by atoms with Gasteiger partial charge in [0.1, 0.15) is 5.78 Å². The molecule has 0 atom stereocenters. The van der Waals surface area contributed by atoms with Crippen LogP contribution in [0, 0.1) is 6.92 Å². The van der Waals surface area contributed by atoms with E-state index >= 15 is 0 Å². The summed E-state index contributed by atoms with van der Waals surface area (Å²) in [5.41, 5.74) is 1.66. The van der Waals surface area contributed by atoms with Gasteiger partial charge >= 0.3 is 6.01 Å². The van der Waals surface area contributed by atoms with E-state index in [1.54, 1.807) is 7.11 Å². The number of carbonyl (C=O) groups excluding carboxylic acids is 1. The minimum absolute atomic E-state index is 0.224. The summed E-state index contributed by atoms with van der Waals surface area (Å²) in [6, 6.07) is 0.282. The predicted octanol–water partition coefficient (Wildman–Crippen LogP) is 1.71. The second-order valence-corrected chi connectivity index (χ2v) is 3.68. The van der Waals surface area contributed by atoms with Gasteiger partial charge in [0.25, 0.3) is 0 Å². The molecule has 0 aliphatic rings. The van der Waals surface area contributed by atoms with Crippen molar-refractivity contribution in [3.63, 3.8) is 0 Å². The first-order chi connectivity index (χ1) is 8.12. The second-order valence-electron chi connectivity index (χ2n) is 3.68. The number of methoxy groups -OCH3 is 2. The van der Waals surface area contributed by atoms with Crippen molar-refractivity contribution in [2.24, 2.45) is 0 Å². The lowest BCUT2D eigenvalue weighted by atomic mass is 10.1. The molecule has 0 saturated carbocycles. The van der Waals surface area contributed by atoms with Crippen molar-refractivity contribution in [2.75, 3.05) is 14.2 Å². The van der Waals surface area contributed by atoms with Gasteiger partial charge in [-0.25, -0.2) is 4.98 Å². The van der Waals surface area contributed by atoms with Crippen molar-refractivity contribution in [2.45, 2.75) is 33.1 Å². The third kappa shape index (κ3) is 3.41. The number of ketones is 1. The fourth-order valence-corrected chi connectivity index (χ4v) is 1.53. The van der Waals surface area contributed by atoms with Crippen LogP contribution in [0.2, 0.25) is 0 Å². The SMILES string of the molecule is CCC(=O)CCc1c(C)nc(OC)nc1OC. The van der Waals surface area contributed by atoms with Gasteiger partial charge < -0.3 is 9.47 Å². The third-order valence-corrected chi connectivity index (χ3v) is 2.58. The van der Waals surface area contributed by atoms with Crippen LogP contribution in [-0.4, -0.2) is 30.0 Å². The maximum atomic E-state index is 11.3. The molecule has 0 fully saturated rings. The molecule has 1 rings (SSSR count). The molecule has 0 radical (unpaired) electrons. The average Bonchev–Trinajstić information content (AvgIpc) is 2.35. The van der Waals surface area contributed by atoms with Crippen LogP contribution in [0.25, 0.3) is 0 Å². The maximum Gasteiger partial charge on any atom is 0.319 e. The number of hydrogen-bond donors (Lipinski definition) is 0. The number of Topliss-reactive ketones (excluding diaryl/α,β-unsaturated/α-hetero) is 1. The number of hydrogen-bond acceptors (Lipinski definition) is 5. The van der Waals surface area contributed by atoms with Gasteiger partial charge in [-0.2, -0.15) is 4.98 Å². The molecule has 1 aromatic rings. The maximum absolute atomic E-state index is 11.3. The minimum Gasteiger partial charge on any atom is -0.481 e. The van der Waals surface area contributed by atoms with Crippen LogP contribution in [0.3, 0.4) is 0 Å². The van der Waals surface area contributed by atoms with E-state index < -0.39 is 0 Å². The van der Waals surface area contributed by atoms with Crippen LogP contribution >= 0.6 is 0 Å². The molecule has 0 saturated heterocycles. The van der Waals surface area contributed by atoms with Crippen molar-refractivity contribution in [3.05, 3.63) is 11.3 Å². The first-order valence-electron chi connectivity index (χ1n) is 5.59. The van der Waals surface area contributed by atoms with E-state index in [9.17, 15) is 4.79 Å². The van der Waals surface area contributed by atoms with Gasteiger partial charge in [0, 0.05) is 18.4 Å². The van der Waals surface area contributed by atoms with Crippen molar-refractivity contribution >= 4 is 5.78 Å². The molecular weight excluding hydrogens is 220 g/mol. The van der Waals surface area contributed by atoms with E-state index in [0.29, 0.717) is 25.1 Å². The topological polar surface area (TPSA) is 61.3 Å². The van der Waals surface area contributed by atoms with Crippen LogP contribution in [-0.2, 0) is 11.2 Å². The van der Waals surface area contributed by atoms with Crippen molar-refractivity contribution in [1.82, 2.24) is 9.97 Å². The summed E-state index contributed by atoms with van der Waals surface area (Å²) in [4.78, 5) is 19.6. The highest BCUT2D eigenvalue weighted by Gasteiger charge is 2.13. The standard InChI is InChI=1S/C12H18N2O3/c1-5-9(15)6-7-10-8(2)13-12(17-4)14-11(10)16-3/h5-7H2,1-4H3. The zero-order valence-corrected chi connectivity index (χ0v) is 10.7. The Labute approximate surface area is 101 Å². The summed E-state index contributed by atoms with van der Waals surface area (Å²) in [6.07, 6.45) is 1.65. The van der Waals surface area contributed by atoms with E-state index in [-0.39, 0.29) is 11.8 Å². The lowest BCUT2D eigenvalue weighted by Gasteiger charge is -2.10. The molecule has 5 heteroatoms. The number of ether oxygens (including phenoxy) is 2. The molecule has 17 heavy (non-hydrogen) atoms. The Kier molecular flexibility index (Phi) is 4.87. The zero-order chi connectivity index (χ0) is 12.8. The Bertz CT molecular complexity index is 405. The molecule has 94 valence electrons. The Balaban J connectivity index is 2.93. The Morgan fingerprint density at radius 3 is 2.47 bits per heavy atom. The molecule has 0 bridgehead atoms. The van der Waals surface area contributed by atoms with E-state index in [4.69, 9.17) is 9.47 Å². The Hall–Kier alpha value is -1.65. The molecule has 0 amide bonds. The summed E-state index contributed by atoms with van der Waals surface area (Å²) in [5.74, 6) is 0.709. The molecular formula is C12H18N2O3. The highest BCUT2D eigenvalue weighted by atomic mass is 16.5. The van der Waals surface area contributed by atoms with Gasteiger partial charge in [-0.15, -0.1) is 0 Å². The zero-order valence-electron chi connectivity index (χ0n) is 10.7. The van der Waals surface area contributed by atoms with Crippen LogP contribution in [0.5, 0.6) is 11.9 Å². The average molecular weight is 238 g/mol. The molecule has 1 aromatic heterocycles. The number of nitrogens with zero attached hydrogens (tertiary/aromatic N) is 2. The molecule has 0 unspecified atom stereocenters. The van der Waals surface area contributed by atoms with E-state index in [1.807, 2.05) is 13.8 Å². The smallest absolute Gasteiger partial charge is 0.319 e. The van der Waals surface area contributed by atoms with Crippen LogP contribution < -0.4 is 9.47 Å². The van der Waals surface area contributed by atoms with Gasteiger partial charge in [0.05, 0.1) is 19.9 Å². The van der Waals surface area contributed by atoms with Gasteiger partial charge in [-0.05, 0) is 13.3 Å². The fourth-order valence-electron chi connectivity index (χ4n) is 1.53. The predicted molar refractivity (Wildman–Crippen MR) is 63.5 cm³/mol. The summed E-state index contributed by atoms with van der Waals surface area (Å²) in [5, 5.41) is 0. The third-order valence-electron chi connectivity index (χ3n) is 2.58. The largest absolute Gasteiger partial charge is 0.481 e. The van der Waals surface area contributed by atoms with Gasteiger partial charge in [-0.3, -0.25) is 4.79 Å². The van der Waals surface area contributed by atoms with Crippen LogP contribution in [0.4, 0.5) is 0 Å². The number of aryl methyl sites for hydroxylation is 1. The molecule has 0 spiro atoms. The molecule has 1 heterocycles. The van der Waals surface area contributed by atoms with Gasteiger partial charge in [0.2, 0.25) is 5.88 Å². The van der Waals surface area contributed by atoms with Crippen LogP contribution in [0.15, 0.2) is 0 Å². The monoisotopic (exact) mass is 238 g/mol. The minimum atomic E-state index is 0.224. The molecule has 0 N–H and O–H groups in total. The lowest BCUT2D eigenvalue weighted by Crippen LogP contribution is -2.06. The van der Waals surface area contributed by atoms with Crippen LogP contribution in [0.1, 0.15) is 31.0 Å². The number of aromatic nitrogens is 2. The molecule has 0 aliphatic carbocycles. The first kappa shape index (κ1) is 13.4. The Morgan fingerprint density at radius 2 is 1.94 bits per heavy atom. The van der Waals surface area contributed by atoms with Crippen molar-refractivity contribution < 1.29 is 14.3 Å². The summed E-state index contributed by atoms with van der Waals surface area (Å²) < 4.78 is 10.2. The quantitative estimate of drug-likeness (QED) is 0.755. The fraction of sp³-hybridized carbons (Fsp3) is 0.583. The van der Waals surface area contributed by atoms with E-state index in [2.05, 4.69) is 9.97 Å².